The monoisotopic (exact) mass is 409 g/mol. The number of hydrogen-bond acceptors (Lipinski definition) is 4. The predicted molar refractivity (Wildman–Crippen MR) is 119 cm³/mol. The Morgan fingerprint density at radius 3 is 2.67 bits per heavy atom. The molecule has 6 nitrogen and oxygen atoms in total. The van der Waals surface area contributed by atoms with Crippen molar-refractivity contribution in [2.75, 3.05) is 19.6 Å². The first-order chi connectivity index (χ1) is 14.8. The summed E-state index contributed by atoms with van der Waals surface area (Å²) < 4.78 is 2.07. The third kappa shape index (κ3) is 4.91. The molecule has 0 radical (unpaired) electrons. The van der Waals surface area contributed by atoms with Crippen molar-refractivity contribution in [1.82, 2.24) is 25.0 Å². The van der Waals surface area contributed by atoms with Gasteiger partial charge in [0.2, 0.25) is 0 Å². The zero-order chi connectivity index (χ0) is 20.8. The highest BCUT2D eigenvalue weighted by Crippen LogP contribution is 2.26. The van der Waals surface area contributed by atoms with Crippen LogP contribution in [-0.2, 0) is 25.8 Å². The molecule has 30 heavy (non-hydrogen) atoms. The molecule has 2 aromatic heterocycles. The largest absolute Gasteiger partial charge is 0.337 e. The fraction of sp³-hybridized carbons (Fsp3) is 0.625. The Hall–Kier alpha value is -2.21. The van der Waals surface area contributed by atoms with Gasteiger partial charge in [0.25, 0.3) is 5.91 Å². The molecule has 1 saturated heterocycles. The van der Waals surface area contributed by atoms with Crippen molar-refractivity contribution in [1.29, 1.82) is 0 Å². The second kappa shape index (κ2) is 10.2. The molecule has 1 aliphatic heterocycles. The number of aryl methyl sites for hydroxylation is 2. The minimum absolute atomic E-state index is 0.152. The van der Waals surface area contributed by atoms with Gasteiger partial charge in [-0.3, -0.25) is 14.5 Å². The number of rotatable bonds is 7. The molecule has 0 aromatic carbocycles. The number of aromatic nitrogens is 3. The van der Waals surface area contributed by atoms with Crippen LogP contribution >= 0.6 is 0 Å². The number of carbonyl (C=O) groups excluding carboxylic acids is 1. The predicted octanol–water partition coefficient (Wildman–Crippen LogP) is 3.39. The maximum Gasteiger partial charge on any atom is 0.274 e. The Balaban J connectivity index is 1.39. The number of pyridine rings is 1. The molecule has 2 aromatic rings. The van der Waals surface area contributed by atoms with Crippen molar-refractivity contribution in [2.45, 2.75) is 77.3 Å². The molecule has 6 heteroatoms. The molecule has 0 spiro atoms. The van der Waals surface area contributed by atoms with Gasteiger partial charge in [-0.2, -0.15) is 5.10 Å². The Kier molecular flexibility index (Phi) is 7.16. The second-order valence-corrected chi connectivity index (χ2v) is 8.65. The van der Waals surface area contributed by atoms with Crippen LogP contribution in [0.1, 0.15) is 72.8 Å². The van der Waals surface area contributed by atoms with Gasteiger partial charge in [0, 0.05) is 49.3 Å². The van der Waals surface area contributed by atoms with Crippen molar-refractivity contribution in [3.63, 3.8) is 0 Å². The fourth-order valence-electron chi connectivity index (χ4n) is 4.87. The molecule has 3 heterocycles. The molecule has 4 rings (SSSR count). The Bertz CT molecular complexity index is 824. The molecule has 0 saturated carbocycles. The van der Waals surface area contributed by atoms with Gasteiger partial charge >= 0.3 is 0 Å². The highest BCUT2D eigenvalue weighted by atomic mass is 16.2. The molecule has 1 unspecified atom stereocenters. The average Bonchev–Trinajstić information content (AvgIpc) is 2.95. The van der Waals surface area contributed by atoms with Crippen LogP contribution < -0.4 is 5.32 Å². The fourth-order valence-corrected chi connectivity index (χ4v) is 4.87. The van der Waals surface area contributed by atoms with Gasteiger partial charge in [-0.05, 0) is 76.1 Å². The summed E-state index contributed by atoms with van der Waals surface area (Å²) in [4.78, 5) is 19.4. The highest BCUT2D eigenvalue weighted by Gasteiger charge is 2.30. The number of nitrogens with one attached hydrogen (secondary N) is 1. The molecular weight excluding hydrogens is 374 g/mol. The number of likely N-dealkylation sites (tertiary alicyclic amines) is 1. The van der Waals surface area contributed by atoms with Crippen LogP contribution in [-0.4, -0.2) is 51.2 Å². The first-order valence-corrected chi connectivity index (χ1v) is 11.8. The number of hydrogen-bond donors (Lipinski definition) is 1. The van der Waals surface area contributed by atoms with E-state index in [4.69, 9.17) is 5.10 Å². The standard InChI is InChI=1S/C24H35N5O/c1-2-29-22-10-9-20(26-13-7-8-19-11-14-25-15-12-19)18-21(22)23(27-29)24(30)28-16-5-3-4-6-17-28/h11-12,14-15,20,26H,2-10,13,16-18H2,1H3. The molecule has 1 N–H and O–H groups in total. The van der Waals surface area contributed by atoms with Crippen LogP contribution in [0.25, 0.3) is 0 Å². The quantitative estimate of drug-likeness (QED) is 0.712. The molecule has 1 fully saturated rings. The SMILES string of the molecule is CCn1nc(C(=O)N2CCCCCC2)c2c1CCC(NCCCc1ccncc1)C2. The molecule has 1 aliphatic carbocycles. The molecule has 1 amide bonds. The Morgan fingerprint density at radius 2 is 1.93 bits per heavy atom. The van der Waals surface area contributed by atoms with Crippen molar-refractivity contribution < 1.29 is 4.79 Å². The van der Waals surface area contributed by atoms with E-state index in [2.05, 4.69) is 34.0 Å². The lowest BCUT2D eigenvalue weighted by atomic mass is 9.91. The summed E-state index contributed by atoms with van der Waals surface area (Å²) in [6.45, 7) is 5.71. The lowest BCUT2D eigenvalue weighted by Crippen LogP contribution is -2.37. The molecular formula is C24H35N5O. The maximum absolute atomic E-state index is 13.3. The van der Waals surface area contributed by atoms with Crippen LogP contribution in [0.2, 0.25) is 0 Å². The van der Waals surface area contributed by atoms with Gasteiger partial charge in [0.05, 0.1) is 0 Å². The maximum atomic E-state index is 13.3. The average molecular weight is 410 g/mol. The molecule has 162 valence electrons. The van der Waals surface area contributed by atoms with Gasteiger partial charge in [0.15, 0.2) is 5.69 Å². The van der Waals surface area contributed by atoms with E-state index in [1.807, 2.05) is 17.3 Å². The Morgan fingerprint density at radius 1 is 1.17 bits per heavy atom. The molecule has 2 aliphatic rings. The Labute approximate surface area is 180 Å². The van der Waals surface area contributed by atoms with Crippen LogP contribution in [0.4, 0.5) is 0 Å². The minimum Gasteiger partial charge on any atom is -0.337 e. The number of nitrogens with zero attached hydrogens (tertiary/aromatic N) is 4. The normalized spacial score (nSPS) is 19.4. The van der Waals surface area contributed by atoms with E-state index in [0.29, 0.717) is 6.04 Å². The van der Waals surface area contributed by atoms with Crippen LogP contribution in [0.5, 0.6) is 0 Å². The summed E-state index contributed by atoms with van der Waals surface area (Å²) in [6, 6.07) is 4.61. The van der Waals surface area contributed by atoms with E-state index in [9.17, 15) is 4.79 Å². The van der Waals surface area contributed by atoms with Crippen molar-refractivity contribution in [3.8, 4) is 0 Å². The van der Waals surface area contributed by atoms with Crippen molar-refractivity contribution in [3.05, 3.63) is 47.0 Å². The first-order valence-electron chi connectivity index (χ1n) is 11.8. The van der Waals surface area contributed by atoms with Crippen LogP contribution in [0.3, 0.4) is 0 Å². The summed E-state index contributed by atoms with van der Waals surface area (Å²) in [5.74, 6) is 0.152. The lowest BCUT2D eigenvalue weighted by Gasteiger charge is -2.25. The summed E-state index contributed by atoms with van der Waals surface area (Å²) in [5.41, 5.74) is 4.54. The highest BCUT2D eigenvalue weighted by molar-refractivity contribution is 5.94. The third-order valence-electron chi connectivity index (χ3n) is 6.57. The van der Waals surface area contributed by atoms with E-state index in [-0.39, 0.29) is 5.91 Å². The summed E-state index contributed by atoms with van der Waals surface area (Å²) in [5, 5.41) is 8.52. The molecule has 1 atom stereocenters. The van der Waals surface area contributed by atoms with Gasteiger partial charge in [-0.25, -0.2) is 0 Å². The van der Waals surface area contributed by atoms with Gasteiger partial charge in [-0.1, -0.05) is 12.8 Å². The third-order valence-corrected chi connectivity index (χ3v) is 6.57. The minimum atomic E-state index is 0.152. The summed E-state index contributed by atoms with van der Waals surface area (Å²) >= 11 is 0. The van der Waals surface area contributed by atoms with E-state index >= 15 is 0 Å². The van der Waals surface area contributed by atoms with Gasteiger partial charge < -0.3 is 10.2 Å². The van der Waals surface area contributed by atoms with Crippen LogP contribution in [0.15, 0.2) is 24.5 Å². The summed E-state index contributed by atoms with van der Waals surface area (Å²) in [7, 11) is 0. The number of amides is 1. The molecule has 0 bridgehead atoms. The smallest absolute Gasteiger partial charge is 0.274 e. The topological polar surface area (TPSA) is 63.1 Å². The zero-order valence-corrected chi connectivity index (χ0v) is 18.3. The van der Waals surface area contributed by atoms with Gasteiger partial charge in [-0.15, -0.1) is 0 Å². The number of fused-ring (bicyclic) bond motifs is 1. The summed E-state index contributed by atoms with van der Waals surface area (Å²) in [6.07, 6.45) is 13.6. The zero-order valence-electron chi connectivity index (χ0n) is 18.3. The van der Waals surface area contributed by atoms with Crippen LogP contribution in [0, 0.1) is 0 Å². The lowest BCUT2D eigenvalue weighted by molar-refractivity contribution is 0.0753. The number of carbonyl (C=O) groups is 1. The van der Waals surface area contributed by atoms with E-state index < -0.39 is 0 Å². The van der Waals surface area contributed by atoms with Gasteiger partial charge in [0.1, 0.15) is 0 Å². The van der Waals surface area contributed by atoms with Crippen molar-refractivity contribution in [2.24, 2.45) is 0 Å². The van der Waals surface area contributed by atoms with E-state index in [0.717, 1.165) is 76.8 Å². The van der Waals surface area contributed by atoms with E-state index in [1.54, 1.807) is 0 Å². The van der Waals surface area contributed by atoms with E-state index in [1.165, 1.54) is 29.7 Å². The first kappa shape index (κ1) is 21.0. The second-order valence-electron chi connectivity index (χ2n) is 8.65. The van der Waals surface area contributed by atoms with Crippen molar-refractivity contribution >= 4 is 5.91 Å².